The van der Waals surface area contributed by atoms with E-state index < -0.39 is 0 Å². The summed E-state index contributed by atoms with van der Waals surface area (Å²) in [5.41, 5.74) is 2.28. The summed E-state index contributed by atoms with van der Waals surface area (Å²) in [6, 6.07) is 8.11. The van der Waals surface area contributed by atoms with Crippen LogP contribution in [0.2, 0.25) is 0 Å². The lowest BCUT2D eigenvalue weighted by atomic mass is 9.96. The number of rotatable bonds is 6. The van der Waals surface area contributed by atoms with Crippen molar-refractivity contribution in [3.8, 4) is 0 Å². The van der Waals surface area contributed by atoms with E-state index in [0.717, 1.165) is 37.9 Å². The van der Waals surface area contributed by atoms with E-state index in [1.54, 1.807) is 4.90 Å². The molecular weight excluding hydrogens is 342 g/mol. The van der Waals surface area contributed by atoms with Gasteiger partial charge in [0.1, 0.15) is 0 Å². The number of aliphatic hydroxyl groups excluding tert-OH is 1. The second-order valence-corrected chi connectivity index (χ2v) is 7.49. The molecule has 0 radical (unpaired) electrons. The van der Waals surface area contributed by atoms with Gasteiger partial charge in [0.15, 0.2) is 0 Å². The molecule has 2 heterocycles. The Morgan fingerprint density at radius 2 is 1.96 bits per heavy atom. The first kappa shape index (κ1) is 19.6. The van der Waals surface area contributed by atoms with Crippen molar-refractivity contribution in [3.05, 3.63) is 48.0 Å². The zero-order valence-corrected chi connectivity index (χ0v) is 15.8. The van der Waals surface area contributed by atoms with Crippen molar-refractivity contribution < 1.29 is 14.7 Å². The minimum atomic E-state index is -0.232. The van der Waals surface area contributed by atoms with Gasteiger partial charge in [-0.15, -0.1) is 0 Å². The first-order valence-electron chi connectivity index (χ1n) is 9.73. The Labute approximate surface area is 160 Å². The molecule has 0 spiro atoms. The molecule has 2 amide bonds. The number of β-amino-alcohol motifs (C(OH)–C–C–N with tert-alkyl or cyclic N) is 1. The van der Waals surface area contributed by atoms with E-state index in [9.17, 15) is 14.7 Å². The second kappa shape index (κ2) is 9.15. The largest absolute Gasteiger partial charge is 0.392 e. The molecule has 1 aromatic carbocycles. The average Bonchev–Trinajstić information content (AvgIpc) is 3.11. The number of piperidine rings is 1. The third kappa shape index (κ3) is 5.17. The first-order valence-corrected chi connectivity index (χ1v) is 9.73. The van der Waals surface area contributed by atoms with E-state index in [-0.39, 0.29) is 23.8 Å². The lowest BCUT2D eigenvalue weighted by molar-refractivity contribution is -0.132. The van der Waals surface area contributed by atoms with Gasteiger partial charge in [0.2, 0.25) is 11.8 Å². The third-order valence-corrected chi connectivity index (χ3v) is 5.49. The number of likely N-dealkylation sites (tertiary alicyclic amines) is 2. The highest BCUT2D eigenvalue weighted by atomic mass is 16.3. The highest BCUT2D eigenvalue weighted by Gasteiger charge is 2.27. The van der Waals surface area contributed by atoms with Crippen LogP contribution in [0.3, 0.4) is 0 Å². The van der Waals surface area contributed by atoms with Crippen molar-refractivity contribution in [3.63, 3.8) is 0 Å². The van der Waals surface area contributed by atoms with E-state index >= 15 is 0 Å². The fourth-order valence-corrected chi connectivity index (χ4v) is 3.93. The highest BCUT2D eigenvalue weighted by Crippen LogP contribution is 2.19. The second-order valence-electron chi connectivity index (χ2n) is 7.49. The summed E-state index contributed by atoms with van der Waals surface area (Å²) < 4.78 is 0. The maximum atomic E-state index is 12.6. The van der Waals surface area contributed by atoms with Gasteiger partial charge < -0.3 is 15.3 Å². The Morgan fingerprint density at radius 3 is 2.67 bits per heavy atom. The predicted octanol–water partition coefficient (Wildman–Crippen LogP) is 1.29. The van der Waals surface area contributed by atoms with Gasteiger partial charge in [-0.05, 0) is 36.5 Å². The number of nitrogens with zero attached hydrogens (tertiary/aromatic N) is 2. The van der Waals surface area contributed by atoms with Crippen LogP contribution in [0.15, 0.2) is 36.9 Å². The molecule has 1 aromatic rings. The van der Waals surface area contributed by atoms with E-state index in [4.69, 9.17) is 0 Å². The first-order chi connectivity index (χ1) is 13.1. The van der Waals surface area contributed by atoms with E-state index in [0.29, 0.717) is 26.2 Å². The Kier molecular flexibility index (Phi) is 6.63. The van der Waals surface area contributed by atoms with Crippen LogP contribution in [0.5, 0.6) is 0 Å². The predicted molar refractivity (Wildman–Crippen MR) is 104 cm³/mol. The Hall–Kier alpha value is -2.18. The molecule has 2 atom stereocenters. The molecule has 2 fully saturated rings. The average molecular weight is 371 g/mol. The van der Waals surface area contributed by atoms with Crippen LogP contribution in [0, 0.1) is 5.92 Å². The summed E-state index contributed by atoms with van der Waals surface area (Å²) >= 11 is 0. The van der Waals surface area contributed by atoms with Gasteiger partial charge in [-0.2, -0.15) is 0 Å². The number of benzene rings is 1. The summed E-state index contributed by atoms with van der Waals surface area (Å²) in [5, 5.41) is 12.8. The molecule has 0 bridgehead atoms. The van der Waals surface area contributed by atoms with Crippen LogP contribution < -0.4 is 5.32 Å². The molecule has 6 heteroatoms. The molecule has 0 saturated carbocycles. The number of carbonyl (C=O) groups excluding carboxylic acids is 2. The van der Waals surface area contributed by atoms with Crippen molar-refractivity contribution in [1.82, 2.24) is 15.1 Å². The topological polar surface area (TPSA) is 72.9 Å². The van der Waals surface area contributed by atoms with E-state index in [1.807, 2.05) is 18.2 Å². The summed E-state index contributed by atoms with van der Waals surface area (Å²) in [4.78, 5) is 28.4. The van der Waals surface area contributed by atoms with Crippen molar-refractivity contribution in [2.24, 2.45) is 5.92 Å². The minimum Gasteiger partial charge on any atom is -0.392 e. The zero-order chi connectivity index (χ0) is 19.2. The van der Waals surface area contributed by atoms with Crippen LogP contribution in [0.25, 0.3) is 0 Å². The standard InChI is InChI=1S/C21H29N3O3/c1-2-20(26)24-10-5-8-18(14-24)21(27)22-12-16-6-3-4-7-17(16)13-23-11-9-19(25)15-23/h2-4,6-7,18-19,25H,1,5,8-15H2,(H,22,27). The van der Waals surface area contributed by atoms with Crippen LogP contribution in [0.1, 0.15) is 30.4 Å². The molecule has 0 aliphatic carbocycles. The lowest BCUT2D eigenvalue weighted by Crippen LogP contribution is -2.44. The molecular formula is C21H29N3O3. The number of hydrogen-bond acceptors (Lipinski definition) is 4. The van der Waals surface area contributed by atoms with Crippen LogP contribution in [-0.2, 0) is 22.7 Å². The summed E-state index contributed by atoms with van der Waals surface area (Å²) in [7, 11) is 0. The van der Waals surface area contributed by atoms with Gasteiger partial charge in [0, 0.05) is 39.3 Å². The molecule has 2 saturated heterocycles. The molecule has 3 rings (SSSR count). The number of amides is 2. The molecule has 2 aliphatic rings. The fraction of sp³-hybridized carbons (Fsp3) is 0.524. The molecule has 146 valence electrons. The summed E-state index contributed by atoms with van der Waals surface area (Å²) in [6.07, 6.45) is 3.54. The van der Waals surface area contributed by atoms with Crippen LogP contribution in [0.4, 0.5) is 0 Å². The SMILES string of the molecule is C=CC(=O)N1CCCC(C(=O)NCc2ccccc2CN2CCC(O)C2)C1. The van der Waals surface area contributed by atoms with E-state index in [1.165, 1.54) is 11.6 Å². The van der Waals surface area contributed by atoms with Gasteiger partial charge in [0.25, 0.3) is 0 Å². The van der Waals surface area contributed by atoms with Gasteiger partial charge in [-0.3, -0.25) is 14.5 Å². The summed E-state index contributed by atoms with van der Waals surface area (Å²) in [5.74, 6) is -0.267. The molecule has 6 nitrogen and oxygen atoms in total. The molecule has 27 heavy (non-hydrogen) atoms. The lowest BCUT2D eigenvalue weighted by Gasteiger charge is -2.31. The van der Waals surface area contributed by atoms with Gasteiger partial charge in [0.05, 0.1) is 12.0 Å². The fourth-order valence-electron chi connectivity index (χ4n) is 3.93. The molecule has 2 unspecified atom stereocenters. The Balaban J connectivity index is 1.55. The highest BCUT2D eigenvalue weighted by molar-refractivity contribution is 5.88. The van der Waals surface area contributed by atoms with Crippen molar-refractivity contribution in [1.29, 1.82) is 0 Å². The molecule has 0 aromatic heterocycles. The van der Waals surface area contributed by atoms with Crippen LogP contribution in [-0.4, -0.2) is 59.0 Å². The quantitative estimate of drug-likeness (QED) is 0.739. The number of hydrogen-bond donors (Lipinski definition) is 2. The third-order valence-electron chi connectivity index (χ3n) is 5.49. The Morgan fingerprint density at radius 1 is 1.19 bits per heavy atom. The molecule has 2 N–H and O–H groups in total. The minimum absolute atomic E-state index is 0.00274. The summed E-state index contributed by atoms with van der Waals surface area (Å²) in [6.45, 7) is 7.56. The number of nitrogens with one attached hydrogen (secondary N) is 1. The van der Waals surface area contributed by atoms with E-state index in [2.05, 4.69) is 22.9 Å². The van der Waals surface area contributed by atoms with Crippen LogP contribution >= 0.6 is 0 Å². The van der Waals surface area contributed by atoms with Crippen molar-refractivity contribution in [2.45, 2.75) is 38.5 Å². The smallest absolute Gasteiger partial charge is 0.245 e. The van der Waals surface area contributed by atoms with Crippen molar-refractivity contribution in [2.75, 3.05) is 26.2 Å². The van der Waals surface area contributed by atoms with Crippen molar-refractivity contribution >= 4 is 11.8 Å². The number of aliphatic hydroxyl groups is 1. The van der Waals surface area contributed by atoms with Gasteiger partial charge >= 0.3 is 0 Å². The Bertz CT molecular complexity index is 691. The maximum Gasteiger partial charge on any atom is 0.245 e. The van der Waals surface area contributed by atoms with Gasteiger partial charge in [-0.1, -0.05) is 30.8 Å². The normalized spacial score (nSPS) is 23.2. The molecule has 2 aliphatic heterocycles. The number of carbonyl (C=O) groups is 2. The monoisotopic (exact) mass is 371 g/mol. The zero-order valence-electron chi connectivity index (χ0n) is 15.8. The maximum absolute atomic E-state index is 12.6. The van der Waals surface area contributed by atoms with Gasteiger partial charge in [-0.25, -0.2) is 0 Å².